The minimum atomic E-state index is 0.809. The van der Waals surface area contributed by atoms with Crippen LogP contribution in [0.15, 0.2) is 52.5 Å². The summed E-state index contributed by atoms with van der Waals surface area (Å²) in [5.41, 5.74) is 3.15. The number of benzene rings is 1. The lowest BCUT2D eigenvalue weighted by molar-refractivity contribution is 0.556. The highest BCUT2D eigenvalue weighted by molar-refractivity contribution is 6.32. The normalized spacial score (nSPS) is 15.1. The van der Waals surface area contributed by atoms with Gasteiger partial charge in [-0.05, 0) is 42.8 Å². The van der Waals surface area contributed by atoms with E-state index >= 15 is 0 Å². The van der Waals surface area contributed by atoms with Gasteiger partial charge in [0.2, 0.25) is 0 Å². The Labute approximate surface area is 177 Å². The fraction of sp³-hybridized carbons (Fsp3) is 0.560. The lowest BCUT2D eigenvalue weighted by Crippen LogP contribution is -2.18. The van der Waals surface area contributed by atoms with Crippen LogP contribution in [0.3, 0.4) is 0 Å². The SMILES string of the molecule is CCCCCCCCCCCCN(C)c1ccc(N=C2C=CCC(Cl)=C2)cc1. The summed E-state index contributed by atoms with van der Waals surface area (Å²) >= 11 is 6.08. The maximum atomic E-state index is 6.08. The molecule has 0 atom stereocenters. The number of aliphatic imine (C=N–C) groups is 1. The van der Waals surface area contributed by atoms with Crippen LogP contribution in [0.2, 0.25) is 0 Å². The van der Waals surface area contributed by atoms with E-state index in [9.17, 15) is 0 Å². The molecule has 28 heavy (non-hydrogen) atoms. The highest BCUT2D eigenvalue weighted by Crippen LogP contribution is 2.22. The van der Waals surface area contributed by atoms with Gasteiger partial charge in [-0.3, -0.25) is 0 Å². The molecule has 1 aliphatic rings. The number of unbranched alkanes of at least 4 members (excludes halogenated alkanes) is 9. The van der Waals surface area contributed by atoms with Crippen LogP contribution in [0.1, 0.15) is 77.6 Å². The number of anilines is 1. The molecule has 0 fully saturated rings. The standard InChI is InChI=1S/C25H37ClN2/c1-3-4-5-6-7-8-9-10-11-12-20-28(2)25-18-16-23(17-19-25)27-24-15-13-14-22(26)21-24/h13,15-19,21H,3-12,14,20H2,1-2H3. The summed E-state index contributed by atoms with van der Waals surface area (Å²) in [6.45, 7) is 3.40. The molecule has 0 saturated heterocycles. The molecule has 0 radical (unpaired) electrons. The van der Waals surface area contributed by atoms with Crippen molar-refractivity contribution in [2.45, 2.75) is 77.6 Å². The predicted octanol–water partition coefficient (Wildman–Crippen LogP) is 8.20. The second-order valence-corrected chi connectivity index (χ2v) is 8.34. The van der Waals surface area contributed by atoms with Crippen LogP contribution in [0, 0.1) is 0 Å². The lowest BCUT2D eigenvalue weighted by atomic mass is 10.1. The molecule has 3 heteroatoms. The maximum Gasteiger partial charge on any atom is 0.0645 e. The van der Waals surface area contributed by atoms with E-state index in [0.717, 1.165) is 29.4 Å². The van der Waals surface area contributed by atoms with E-state index in [1.54, 1.807) is 0 Å². The molecule has 1 aromatic carbocycles. The number of rotatable bonds is 13. The Morgan fingerprint density at radius 2 is 1.50 bits per heavy atom. The van der Waals surface area contributed by atoms with Gasteiger partial charge in [0.1, 0.15) is 0 Å². The molecule has 0 heterocycles. The molecule has 0 N–H and O–H groups in total. The Bertz CT molecular complexity index is 643. The molecule has 0 unspecified atom stereocenters. The molecule has 2 nitrogen and oxygen atoms in total. The molecule has 1 aliphatic carbocycles. The van der Waals surface area contributed by atoms with Crippen molar-refractivity contribution in [3.8, 4) is 0 Å². The molecule has 0 aliphatic heterocycles. The van der Waals surface area contributed by atoms with Gasteiger partial charge in [-0.1, -0.05) is 82.4 Å². The van der Waals surface area contributed by atoms with E-state index in [-0.39, 0.29) is 0 Å². The summed E-state index contributed by atoms with van der Waals surface area (Å²) in [5.74, 6) is 0. The largest absolute Gasteiger partial charge is 0.375 e. The van der Waals surface area contributed by atoms with E-state index in [1.165, 1.54) is 69.9 Å². The van der Waals surface area contributed by atoms with Gasteiger partial charge in [0.05, 0.1) is 11.4 Å². The van der Waals surface area contributed by atoms with E-state index in [4.69, 9.17) is 11.6 Å². The summed E-state index contributed by atoms with van der Waals surface area (Å²) in [6, 6.07) is 8.49. The van der Waals surface area contributed by atoms with Gasteiger partial charge in [0.25, 0.3) is 0 Å². The molecule has 0 saturated carbocycles. The van der Waals surface area contributed by atoms with Crippen LogP contribution in [-0.4, -0.2) is 19.3 Å². The number of halogens is 1. The molecule has 0 bridgehead atoms. The molecule has 0 aromatic heterocycles. The van der Waals surface area contributed by atoms with E-state index < -0.39 is 0 Å². The average molecular weight is 401 g/mol. The second kappa shape index (κ2) is 13.6. The van der Waals surface area contributed by atoms with Gasteiger partial charge in [-0.2, -0.15) is 0 Å². The summed E-state index contributed by atoms with van der Waals surface area (Å²) in [5, 5.41) is 0.842. The Morgan fingerprint density at radius 1 is 0.893 bits per heavy atom. The second-order valence-electron chi connectivity index (χ2n) is 7.85. The maximum absolute atomic E-state index is 6.08. The Balaban J connectivity index is 1.62. The highest BCUT2D eigenvalue weighted by atomic mass is 35.5. The number of hydrogen-bond donors (Lipinski definition) is 0. The van der Waals surface area contributed by atoms with E-state index in [2.05, 4.69) is 54.2 Å². The van der Waals surface area contributed by atoms with Crippen LogP contribution in [0.25, 0.3) is 0 Å². The molecular weight excluding hydrogens is 364 g/mol. The van der Waals surface area contributed by atoms with Crippen LogP contribution in [0.5, 0.6) is 0 Å². The smallest absolute Gasteiger partial charge is 0.0645 e. The van der Waals surface area contributed by atoms with Crippen molar-refractivity contribution in [1.29, 1.82) is 0 Å². The third-order valence-electron chi connectivity index (χ3n) is 5.30. The predicted molar refractivity (Wildman–Crippen MR) is 126 cm³/mol. The fourth-order valence-corrected chi connectivity index (χ4v) is 3.73. The van der Waals surface area contributed by atoms with Crippen molar-refractivity contribution in [3.63, 3.8) is 0 Å². The zero-order valence-electron chi connectivity index (χ0n) is 17.8. The first-order valence-electron chi connectivity index (χ1n) is 11.1. The van der Waals surface area contributed by atoms with E-state index in [0.29, 0.717) is 0 Å². The monoisotopic (exact) mass is 400 g/mol. The summed E-state index contributed by atoms with van der Waals surface area (Å²) in [6.07, 6.45) is 20.6. The van der Waals surface area contributed by atoms with Crippen molar-refractivity contribution in [2.24, 2.45) is 4.99 Å². The Kier molecular flexibility index (Phi) is 11.1. The molecular formula is C25H37ClN2. The average Bonchev–Trinajstić information content (AvgIpc) is 2.70. The first-order chi connectivity index (χ1) is 13.7. The summed E-state index contributed by atoms with van der Waals surface area (Å²) in [4.78, 5) is 6.99. The van der Waals surface area contributed by atoms with Crippen LogP contribution in [0.4, 0.5) is 11.4 Å². The van der Waals surface area contributed by atoms with Crippen LogP contribution >= 0.6 is 11.6 Å². The fourth-order valence-electron chi connectivity index (χ4n) is 3.53. The lowest BCUT2D eigenvalue weighted by Gasteiger charge is -2.19. The van der Waals surface area contributed by atoms with Gasteiger partial charge in [0.15, 0.2) is 0 Å². The van der Waals surface area contributed by atoms with Gasteiger partial charge in [-0.25, -0.2) is 4.99 Å². The molecule has 1 aromatic rings. The van der Waals surface area contributed by atoms with E-state index in [1.807, 2.05) is 12.2 Å². The number of nitrogens with zero attached hydrogens (tertiary/aromatic N) is 2. The topological polar surface area (TPSA) is 15.6 Å². The highest BCUT2D eigenvalue weighted by Gasteiger charge is 2.03. The van der Waals surface area contributed by atoms with Gasteiger partial charge in [-0.15, -0.1) is 0 Å². The van der Waals surface area contributed by atoms with Crippen molar-refractivity contribution < 1.29 is 0 Å². The van der Waals surface area contributed by atoms with Gasteiger partial charge >= 0.3 is 0 Å². The third-order valence-corrected chi connectivity index (χ3v) is 5.57. The molecule has 0 amide bonds. The molecule has 2 rings (SSSR count). The Morgan fingerprint density at radius 3 is 2.11 bits per heavy atom. The zero-order valence-corrected chi connectivity index (χ0v) is 18.6. The third kappa shape index (κ3) is 9.10. The van der Waals surface area contributed by atoms with Crippen LogP contribution < -0.4 is 4.90 Å². The quantitative estimate of drug-likeness (QED) is 0.304. The number of hydrogen-bond acceptors (Lipinski definition) is 2. The van der Waals surface area contributed by atoms with Crippen molar-refractivity contribution in [3.05, 3.63) is 47.5 Å². The summed E-state index contributed by atoms with van der Waals surface area (Å²) in [7, 11) is 2.18. The first-order valence-corrected chi connectivity index (χ1v) is 11.5. The van der Waals surface area contributed by atoms with Gasteiger partial charge in [0, 0.05) is 30.7 Å². The minimum Gasteiger partial charge on any atom is -0.375 e. The molecule has 0 spiro atoms. The van der Waals surface area contributed by atoms with Gasteiger partial charge < -0.3 is 4.90 Å². The van der Waals surface area contributed by atoms with Crippen LogP contribution in [-0.2, 0) is 0 Å². The van der Waals surface area contributed by atoms with Crippen molar-refractivity contribution in [1.82, 2.24) is 0 Å². The molecule has 154 valence electrons. The Hall–Kier alpha value is -1.54. The number of allylic oxidation sites excluding steroid dienone is 4. The first kappa shape index (κ1) is 22.7. The minimum absolute atomic E-state index is 0.809. The summed E-state index contributed by atoms with van der Waals surface area (Å²) < 4.78 is 0. The van der Waals surface area contributed by atoms with Crippen molar-refractivity contribution in [2.75, 3.05) is 18.5 Å². The van der Waals surface area contributed by atoms with Crippen molar-refractivity contribution >= 4 is 28.7 Å². The zero-order chi connectivity index (χ0) is 20.0.